The number of amides is 2. The summed E-state index contributed by atoms with van der Waals surface area (Å²) in [6.07, 6.45) is 0.296. The highest BCUT2D eigenvalue weighted by atomic mass is 19.1. The standard InChI is InChI=1S/C41H48F2N4O5/c1-5-15-47(16-6-2)41(50)34-22-32(28(3)46-52-27-29-11-8-7-9-12-29)21-33(23-34)40(49)45-38(20-31-17-35(42)24-36(43)18-31)39(48)26-44-25-30-13-10-14-37(19-30)51-4/h7-14,17-19,21-24,38-39,44,48H,5-6,15-16,20,25-27H2,1-4H3,(H,45,49)/b46-28+/t38-,39+/m0/s1. The second-order valence-electron chi connectivity index (χ2n) is 12.6. The minimum absolute atomic E-state index is 0.0528. The Kier molecular flexibility index (Phi) is 15.3. The van der Waals surface area contributed by atoms with Gasteiger partial charge in [-0.05, 0) is 85.3 Å². The fraction of sp³-hybridized carbons (Fsp3) is 0.341. The normalized spacial score (nSPS) is 12.6. The Morgan fingerprint density at radius 3 is 2.15 bits per heavy atom. The fourth-order valence-electron chi connectivity index (χ4n) is 5.77. The number of rotatable bonds is 19. The molecule has 0 aromatic heterocycles. The van der Waals surface area contributed by atoms with Gasteiger partial charge in [0.1, 0.15) is 24.0 Å². The molecule has 0 aliphatic heterocycles. The zero-order chi connectivity index (χ0) is 37.5. The summed E-state index contributed by atoms with van der Waals surface area (Å²) in [7, 11) is 1.58. The van der Waals surface area contributed by atoms with Gasteiger partial charge in [0, 0.05) is 48.9 Å². The van der Waals surface area contributed by atoms with Crippen LogP contribution in [0.4, 0.5) is 8.78 Å². The van der Waals surface area contributed by atoms with Crippen molar-refractivity contribution < 1.29 is 33.1 Å². The van der Waals surface area contributed by atoms with Crippen LogP contribution in [0.5, 0.6) is 5.75 Å². The second kappa shape index (κ2) is 20.0. The molecule has 0 heterocycles. The Hall–Kier alpha value is -5.13. The first-order valence-corrected chi connectivity index (χ1v) is 17.5. The number of halogens is 2. The van der Waals surface area contributed by atoms with Crippen LogP contribution in [0.2, 0.25) is 0 Å². The molecule has 0 saturated heterocycles. The molecule has 4 rings (SSSR count). The van der Waals surface area contributed by atoms with E-state index in [1.807, 2.05) is 68.4 Å². The van der Waals surface area contributed by atoms with Gasteiger partial charge in [0.25, 0.3) is 11.8 Å². The van der Waals surface area contributed by atoms with Gasteiger partial charge in [0.05, 0.1) is 25.0 Å². The van der Waals surface area contributed by atoms with E-state index in [1.54, 1.807) is 31.1 Å². The Morgan fingerprint density at radius 1 is 0.827 bits per heavy atom. The number of oxime groups is 1. The zero-order valence-electron chi connectivity index (χ0n) is 30.2. The molecule has 2 atom stereocenters. The van der Waals surface area contributed by atoms with Crippen LogP contribution in [0, 0.1) is 11.6 Å². The summed E-state index contributed by atoms with van der Waals surface area (Å²) in [5, 5.41) is 21.7. The molecule has 4 aromatic rings. The molecule has 2 amide bonds. The van der Waals surface area contributed by atoms with E-state index in [2.05, 4.69) is 15.8 Å². The largest absolute Gasteiger partial charge is 0.497 e. The van der Waals surface area contributed by atoms with Crippen LogP contribution >= 0.6 is 0 Å². The molecule has 3 N–H and O–H groups in total. The Balaban J connectivity index is 1.62. The summed E-state index contributed by atoms with van der Waals surface area (Å²) in [4.78, 5) is 35.2. The molecule has 0 bridgehead atoms. The number of hydrogen-bond donors (Lipinski definition) is 3. The molecular formula is C41H48F2N4O5. The number of ether oxygens (including phenoxy) is 1. The highest BCUT2D eigenvalue weighted by Gasteiger charge is 2.25. The number of aliphatic hydroxyl groups is 1. The van der Waals surface area contributed by atoms with Gasteiger partial charge in [-0.2, -0.15) is 0 Å². The van der Waals surface area contributed by atoms with Crippen LogP contribution in [0.15, 0.2) is 96.2 Å². The number of carbonyl (C=O) groups excluding carboxylic acids is 2. The Bertz CT molecular complexity index is 1780. The third kappa shape index (κ3) is 12.0. The second-order valence-corrected chi connectivity index (χ2v) is 12.6. The smallest absolute Gasteiger partial charge is 0.253 e. The molecule has 4 aromatic carbocycles. The maximum Gasteiger partial charge on any atom is 0.253 e. The van der Waals surface area contributed by atoms with Crippen molar-refractivity contribution in [3.63, 3.8) is 0 Å². The van der Waals surface area contributed by atoms with E-state index in [0.29, 0.717) is 42.2 Å². The topological polar surface area (TPSA) is 112 Å². The number of methoxy groups -OCH3 is 1. The molecule has 0 aliphatic rings. The van der Waals surface area contributed by atoms with Gasteiger partial charge in [-0.15, -0.1) is 0 Å². The molecule has 276 valence electrons. The molecule has 9 nitrogen and oxygen atoms in total. The fourth-order valence-corrected chi connectivity index (χ4v) is 5.77. The average Bonchev–Trinajstić information content (AvgIpc) is 3.14. The van der Waals surface area contributed by atoms with Gasteiger partial charge >= 0.3 is 0 Å². The number of hydrogen-bond acceptors (Lipinski definition) is 7. The van der Waals surface area contributed by atoms with Gasteiger partial charge in [-0.3, -0.25) is 9.59 Å². The van der Waals surface area contributed by atoms with Crippen molar-refractivity contribution >= 4 is 17.5 Å². The van der Waals surface area contributed by atoms with E-state index in [1.165, 1.54) is 18.2 Å². The van der Waals surface area contributed by atoms with E-state index < -0.39 is 29.7 Å². The number of carbonyl (C=O) groups is 2. The van der Waals surface area contributed by atoms with E-state index in [-0.39, 0.29) is 36.6 Å². The minimum atomic E-state index is -1.16. The third-order valence-electron chi connectivity index (χ3n) is 8.39. The molecule has 0 aliphatic carbocycles. The Labute approximate surface area is 304 Å². The van der Waals surface area contributed by atoms with Crippen LogP contribution in [0.25, 0.3) is 0 Å². The molecule has 0 radical (unpaired) electrons. The Morgan fingerprint density at radius 2 is 1.48 bits per heavy atom. The monoisotopic (exact) mass is 714 g/mol. The first kappa shape index (κ1) is 39.7. The van der Waals surface area contributed by atoms with Gasteiger partial charge in [0.2, 0.25) is 0 Å². The first-order valence-electron chi connectivity index (χ1n) is 17.5. The molecule has 0 unspecified atom stereocenters. The predicted molar refractivity (Wildman–Crippen MR) is 198 cm³/mol. The van der Waals surface area contributed by atoms with Crippen molar-refractivity contribution in [1.29, 1.82) is 0 Å². The van der Waals surface area contributed by atoms with Crippen molar-refractivity contribution in [2.75, 3.05) is 26.7 Å². The maximum atomic E-state index is 14.2. The van der Waals surface area contributed by atoms with E-state index in [9.17, 15) is 23.5 Å². The summed E-state index contributed by atoms with van der Waals surface area (Å²) in [6, 6.07) is 23.9. The highest BCUT2D eigenvalue weighted by Crippen LogP contribution is 2.18. The lowest BCUT2D eigenvalue weighted by molar-refractivity contribution is 0.0755. The number of aliphatic hydroxyl groups excluding tert-OH is 1. The van der Waals surface area contributed by atoms with Crippen molar-refractivity contribution in [3.8, 4) is 5.75 Å². The quantitative estimate of drug-likeness (QED) is 0.0740. The van der Waals surface area contributed by atoms with Crippen LogP contribution in [-0.2, 0) is 24.4 Å². The lowest BCUT2D eigenvalue weighted by atomic mass is 9.98. The van der Waals surface area contributed by atoms with E-state index >= 15 is 0 Å². The molecule has 52 heavy (non-hydrogen) atoms. The molecule has 0 saturated carbocycles. The average molecular weight is 715 g/mol. The summed E-state index contributed by atoms with van der Waals surface area (Å²) in [6.45, 7) is 7.49. The van der Waals surface area contributed by atoms with Crippen molar-refractivity contribution in [1.82, 2.24) is 15.5 Å². The van der Waals surface area contributed by atoms with Crippen LogP contribution in [-0.4, -0.2) is 66.4 Å². The molecule has 0 spiro atoms. The molecule has 11 heteroatoms. The molecule has 0 fully saturated rings. The number of nitrogens with one attached hydrogen (secondary N) is 2. The minimum Gasteiger partial charge on any atom is -0.497 e. The van der Waals surface area contributed by atoms with Gasteiger partial charge in [0.15, 0.2) is 0 Å². The predicted octanol–water partition coefficient (Wildman–Crippen LogP) is 6.67. The van der Waals surface area contributed by atoms with Gasteiger partial charge in [-0.1, -0.05) is 61.5 Å². The van der Waals surface area contributed by atoms with E-state index in [4.69, 9.17) is 9.57 Å². The lowest BCUT2D eigenvalue weighted by Crippen LogP contribution is -2.48. The number of benzene rings is 4. The summed E-state index contributed by atoms with van der Waals surface area (Å²) in [5.74, 6) is -1.66. The summed E-state index contributed by atoms with van der Waals surface area (Å²) >= 11 is 0. The molecular weight excluding hydrogens is 666 g/mol. The summed E-state index contributed by atoms with van der Waals surface area (Å²) < 4.78 is 33.7. The van der Waals surface area contributed by atoms with Gasteiger partial charge < -0.3 is 30.2 Å². The van der Waals surface area contributed by atoms with Crippen molar-refractivity contribution in [2.24, 2.45) is 5.16 Å². The van der Waals surface area contributed by atoms with Crippen LogP contribution in [0.1, 0.15) is 76.6 Å². The van der Waals surface area contributed by atoms with Crippen LogP contribution < -0.4 is 15.4 Å². The van der Waals surface area contributed by atoms with Gasteiger partial charge in [-0.25, -0.2) is 8.78 Å². The van der Waals surface area contributed by atoms with Crippen molar-refractivity contribution in [3.05, 3.63) is 136 Å². The SMILES string of the molecule is CCCN(CCC)C(=O)c1cc(C(=O)N[C@@H](Cc2cc(F)cc(F)c2)[C@H](O)CNCc2cccc(OC)c2)cc(/C(C)=N/OCc2ccccc2)c1. The van der Waals surface area contributed by atoms with E-state index in [0.717, 1.165) is 30.0 Å². The highest BCUT2D eigenvalue weighted by molar-refractivity contribution is 6.06. The lowest BCUT2D eigenvalue weighted by Gasteiger charge is -2.26. The summed E-state index contributed by atoms with van der Waals surface area (Å²) in [5.41, 5.74) is 3.50. The third-order valence-corrected chi connectivity index (χ3v) is 8.39. The number of nitrogens with zero attached hydrogens (tertiary/aromatic N) is 2. The maximum absolute atomic E-state index is 14.2. The first-order chi connectivity index (χ1) is 25.1. The zero-order valence-corrected chi connectivity index (χ0v) is 30.2. The van der Waals surface area contributed by atoms with Crippen molar-refractivity contribution in [2.45, 2.75) is 65.3 Å². The van der Waals surface area contributed by atoms with Crippen LogP contribution in [0.3, 0.4) is 0 Å².